The van der Waals surface area contributed by atoms with E-state index in [0.29, 0.717) is 5.69 Å². The normalized spacial score (nSPS) is 16.7. The van der Waals surface area contributed by atoms with Gasteiger partial charge in [0.05, 0.1) is 10.5 Å². The Hall–Kier alpha value is -2.39. The van der Waals surface area contributed by atoms with Crippen LogP contribution in [0.2, 0.25) is 0 Å². The highest BCUT2D eigenvalue weighted by Crippen LogP contribution is 2.36. The fourth-order valence-electron chi connectivity index (χ4n) is 3.72. The minimum Gasteiger partial charge on any atom is -0.326 e. The van der Waals surface area contributed by atoms with Gasteiger partial charge in [0.15, 0.2) is 0 Å². The number of anilines is 1. The molecule has 1 aliphatic heterocycles. The second-order valence-electron chi connectivity index (χ2n) is 8.99. The van der Waals surface area contributed by atoms with Crippen LogP contribution in [-0.2, 0) is 26.4 Å². The van der Waals surface area contributed by atoms with Crippen LogP contribution < -0.4 is 5.32 Å². The van der Waals surface area contributed by atoms with E-state index in [1.165, 1.54) is 6.07 Å². The molecule has 2 aromatic rings. The molecule has 1 fully saturated rings. The lowest BCUT2D eigenvalue weighted by Crippen LogP contribution is -2.41. The van der Waals surface area contributed by atoms with Crippen LogP contribution in [0.1, 0.15) is 44.7 Å². The Morgan fingerprint density at radius 2 is 1.53 bits per heavy atom. The molecule has 0 aromatic heterocycles. The fourth-order valence-corrected chi connectivity index (χ4v) is 5.40. The minimum absolute atomic E-state index is 0.00834. The zero-order valence-electron chi connectivity index (χ0n) is 18.2. The quantitative estimate of drug-likeness (QED) is 0.684. The molecule has 1 saturated heterocycles. The fraction of sp³-hybridized carbons (Fsp3) is 0.435. The molecular formula is C23H27F3N2O3S. The average molecular weight is 469 g/mol. The number of rotatable bonds is 4. The Bertz CT molecular complexity index is 1070. The number of amides is 1. The minimum atomic E-state index is -4.77. The second-order valence-corrected chi connectivity index (χ2v) is 10.9. The molecule has 1 amide bonds. The van der Waals surface area contributed by atoms with Crippen molar-refractivity contribution in [1.82, 2.24) is 4.31 Å². The maximum atomic E-state index is 13.3. The summed E-state index contributed by atoms with van der Waals surface area (Å²) in [7, 11) is -4.32. The van der Waals surface area contributed by atoms with Gasteiger partial charge in [-0.05, 0) is 48.1 Å². The van der Waals surface area contributed by atoms with Crippen LogP contribution in [0.4, 0.5) is 18.9 Å². The SMILES string of the molecule is CC(C)(C)c1ccc(NC(=O)C2CCN(S(=O)(=O)c3ccccc3C(F)(F)F)CC2)cc1. The summed E-state index contributed by atoms with van der Waals surface area (Å²) in [5.41, 5.74) is 0.592. The van der Waals surface area contributed by atoms with Crippen LogP contribution in [-0.4, -0.2) is 31.7 Å². The van der Waals surface area contributed by atoms with Gasteiger partial charge in [-0.1, -0.05) is 45.0 Å². The third-order valence-electron chi connectivity index (χ3n) is 5.65. The topological polar surface area (TPSA) is 66.5 Å². The predicted octanol–water partition coefficient (Wildman–Crippen LogP) is 5.04. The molecule has 3 rings (SSSR count). The standard InChI is InChI=1S/C23H27F3N2O3S/c1-22(2,3)17-8-10-18(11-9-17)27-21(29)16-12-14-28(15-13-16)32(30,31)20-7-5-4-6-19(20)23(24,25)26/h4-11,16H,12-15H2,1-3H3,(H,27,29). The van der Waals surface area contributed by atoms with Crippen molar-refractivity contribution >= 4 is 21.6 Å². The largest absolute Gasteiger partial charge is 0.417 e. The van der Waals surface area contributed by atoms with Crippen LogP contribution in [0.5, 0.6) is 0 Å². The van der Waals surface area contributed by atoms with Gasteiger partial charge >= 0.3 is 6.18 Å². The molecule has 1 aliphatic rings. The molecule has 0 atom stereocenters. The summed E-state index contributed by atoms with van der Waals surface area (Å²) < 4.78 is 66.6. The number of nitrogens with one attached hydrogen (secondary N) is 1. The zero-order valence-corrected chi connectivity index (χ0v) is 19.1. The number of hydrogen-bond donors (Lipinski definition) is 1. The van der Waals surface area contributed by atoms with Gasteiger partial charge in [-0.3, -0.25) is 4.79 Å². The van der Waals surface area contributed by atoms with Crippen LogP contribution in [0.3, 0.4) is 0 Å². The Morgan fingerprint density at radius 3 is 2.06 bits per heavy atom. The number of carbonyl (C=O) groups is 1. The Labute approximate surface area is 186 Å². The number of hydrogen-bond acceptors (Lipinski definition) is 3. The monoisotopic (exact) mass is 468 g/mol. The molecule has 0 aliphatic carbocycles. The Morgan fingerprint density at radius 1 is 0.969 bits per heavy atom. The maximum Gasteiger partial charge on any atom is 0.417 e. The van der Waals surface area contributed by atoms with E-state index in [-0.39, 0.29) is 37.3 Å². The van der Waals surface area contributed by atoms with Crippen molar-refractivity contribution in [3.05, 3.63) is 59.7 Å². The summed E-state index contributed by atoms with van der Waals surface area (Å²) in [5.74, 6) is -0.636. The highest BCUT2D eigenvalue weighted by Gasteiger charge is 2.40. The van der Waals surface area contributed by atoms with Crippen molar-refractivity contribution in [2.24, 2.45) is 5.92 Å². The molecule has 174 valence electrons. The third kappa shape index (κ3) is 5.32. The third-order valence-corrected chi connectivity index (χ3v) is 7.61. The molecule has 0 bridgehead atoms. The highest BCUT2D eigenvalue weighted by atomic mass is 32.2. The molecule has 0 radical (unpaired) electrons. The molecule has 5 nitrogen and oxygen atoms in total. The maximum absolute atomic E-state index is 13.3. The van der Waals surface area contributed by atoms with E-state index < -0.39 is 32.6 Å². The van der Waals surface area contributed by atoms with Gasteiger partial charge in [0.1, 0.15) is 0 Å². The van der Waals surface area contributed by atoms with Crippen LogP contribution in [0.25, 0.3) is 0 Å². The van der Waals surface area contributed by atoms with Gasteiger partial charge in [-0.15, -0.1) is 0 Å². The summed E-state index contributed by atoms with van der Waals surface area (Å²) in [6.07, 6.45) is -4.30. The first-order valence-corrected chi connectivity index (χ1v) is 11.8. The van der Waals surface area contributed by atoms with Gasteiger partial charge in [-0.25, -0.2) is 8.42 Å². The predicted molar refractivity (Wildman–Crippen MR) is 117 cm³/mol. The van der Waals surface area contributed by atoms with Gasteiger partial charge in [0.25, 0.3) is 0 Å². The molecule has 1 heterocycles. The van der Waals surface area contributed by atoms with E-state index in [1.54, 1.807) is 0 Å². The first-order chi connectivity index (χ1) is 14.8. The van der Waals surface area contributed by atoms with Crippen LogP contribution in [0, 0.1) is 5.92 Å². The number of sulfonamides is 1. The number of halogens is 3. The highest BCUT2D eigenvalue weighted by molar-refractivity contribution is 7.89. The first-order valence-electron chi connectivity index (χ1n) is 10.4. The van der Waals surface area contributed by atoms with Crippen LogP contribution >= 0.6 is 0 Å². The molecule has 0 spiro atoms. The average Bonchev–Trinajstić information content (AvgIpc) is 2.73. The molecule has 0 saturated carbocycles. The summed E-state index contributed by atoms with van der Waals surface area (Å²) in [4.78, 5) is 11.9. The lowest BCUT2D eigenvalue weighted by Gasteiger charge is -2.31. The number of piperidine rings is 1. The number of alkyl halides is 3. The van der Waals surface area contributed by atoms with Crippen molar-refractivity contribution in [1.29, 1.82) is 0 Å². The van der Waals surface area contributed by atoms with Crippen molar-refractivity contribution in [3.63, 3.8) is 0 Å². The molecule has 9 heteroatoms. The summed E-state index contributed by atoms with van der Waals surface area (Å²) in [5, 5.41) is 2.85. The lowest BCUT2D eigenvalue weighted by molar-refractivity contribution is -0.139. The van der Waals surface area contributed by atoms with E-state index in [1.807, 2.05) is 24.3 Å². The number of carbonyl (C=O) groups excluding carboxylic acids is 1. The van der Waals surface area contributed by atoms with Gasteiger partial charge < -0.3 is 5.32 Å². The van der Waals surface area contributed by atoms with Crippen molar-refractivity contribution < 1.29 is 26.4 Å². The van der Waals surface area contributed by atoms with E-state index in [0.717, 1.165) is 28.1 Å². The molecular weight excluding hydrogens is 441 g/mol. The smallest absolute Gasteiger partial charge is 0.326 e. The summed E-state index contributed by atoms with van der Waals surface area (Å²) in [6.45, 7) is 6.24. The van der Waals surface area contributed by atoms with E-state index >= 15 is 0 Å². The number of nitrogens with zero attached hydrogens (tertiary/aromatic N) is 1. The second kappa shape index (κ2) is 8.86. The lowest BCUT2D eigenvalue weighted by atomic mass is 9.87. The van der Waals surface area contributed by atoms with Gasteiger partial charge in [0, 0.05) is 24.7 Å². The first kappa shape index (κ1) is 24.3. The van der Waals surface area contributed by atoms with Gasteiger partial charge in [0.2, 0.25) is 15.9 Å². The summed E-state index contributed by atoms with van der Waals surface area (Å²) in [6, 6.07) is 11.7. The van der Waals surface area contributed by atoms with Crippen molar-refractivity contribution in [2.75, 3.05) is 18.4 Å². The van der Waals surface area contributed by atoms with Crippen molar-refractivity contribution in [3.8, 4) is 0 Å². The number of benzene rings is 2. The zero-order chi connectivity index (χ0) is 23.7. The molecule has 0 unspecified atom stereocenters. The summed E-state index contributed by atoms with van der Waals surface area (Å²) >= 11 is 0. The van der Waals surface area contributed by atoms with Crippen molar-refractivity contribution in [2.45, 2.75) is 50.1 Å². The van der Waals surface area contributed by atoms with Crippen LogP contribution in [0.15, 0.2) is 53.4 Å². The Balaban J connectivity index is 1.65. The van der Waals surface area contributed by atoms with E-state index in [2.05, 4.69) is 26.1 Å². The van der Waals surface area contributed by atoms with Gasteiger partial charge in [-0.2, -0.15) is 17.5 Å². The molecule has 32 heavy (non-hydrogen) atoms. The molecule has 1 N–H and O–H groups in total. The Kier molecular flexibility index (Phi) is 6.72. The van der Waals surface area contributed by atoms with E-state index in [9.17, 15) is 26.4 Å². The molecule has 2 aromatic carbocycles. The van der Waals surface area contributed by atoms with E-state index in [4.69, 9.17) is 0 Å².